The highest BCUT2D eigenvalue weighted by Crippen LogP contribution is 2.64. The Morgan fingerprint density at radius 2 is 1.00 bits per heavy atom. The fourth-order valence-electron chi connectivity index (χ4n) is 9.14. The first-order valence-corrected chi connectivity index (χ1v) is 18.3. The predicted molar refractivity (Wildman–Crippen MR) is 218 cm³/mol. The molecule has 0 radical (unpaired) electrons. The number of anilines is 5. The first kappa shape index (κ1) is 30.4. The smallest absolute Gasteiger partial charge is 0.0722 e. The van der Waals surface area contributed by atoms with Crippen LogP contribution >= 0.6 is 0 Å². The molecule has 2 nitrogen and oxygen atoms in total. The predicted octanol–water partition coefficient (Wildman–Crippen LogP) is 13.0. The summed E-state index contributed by atoms with van der Waals surface area (Å²) in [6.45, 7) is 0. The number of allylic oxidation sites excluding steroid dienone is 4. The van der Waals surface area contributed by atoms with E-state index in [1.807, 2.05) is 0 Å². The molecule has 3 aliphatic rings. The number of nitrogens with zero attached hydrogens (tertiary/aromatic N) is 2. The number of hydrogen-bond donors (Lipinski definition) is 0. The van der Waals surface area contributed by atoms with Gasteiger partial charge < -0.3 is 9.80 Å². The van der Waals surface area contributed by atoms with E-state index in [-0.39, 0.29) is 5.41 Å². The first-order chi connectivity index (χ1) is 25.7. The average molecular weight is 667 g/mol. The van der Waals surface area contributed by atoms with E-state index in [4.69, 9.17) is 0 Å². The average Bonchev–Trinajstić information content (AvgIpc) is 3.69. The van der Waals surface area contributed by atoms with Crippen LogP contribution in [0.3, 0.4) is 0 Å². The molecule has 248 valence electrons. The second-order valence-corrected chi connectivity index (χ2v) is 14.0. The summed E-state index contributed by atoms with van der Waals surface area (Å²) in [4.78, 5) is 4.68. The second-order valence-electron chi connectivity index (χ2n) is 14.0. The number of para-hydroxylation sites is 3. The van der Waals surface area contributed by atoms with Crippen LogP contribution in [0, 0.1) is 0 Å². The fraction of sp³-hybridized carbons (Fsp3) is 0.0800. The minimum absolute atomic E-state index is 0.341. The molecule has 0 bridgehead atoms. The Balaban J connectivity index is 1.25. The van der Waals surface area contributed by atoms with Crippen LogP contribution < -0.4 is 9.80 Å². The van der Waals surface area contributed by atoms with Crippen molar-refractivity contribution >= 4 is 34.0 Å². The summed E-state index contributed by atoms with van der Waals surface area (Å²) >= 11 is 0. The van der Waals surface area contributed by atoms with Gasteiger partial charge in [0.05, 0.1) is 5.41 Å². The van der Waals surface area contributed by atoms with Gasteiger partial charge in [-0.05, 0) is 123 Å². The summed E-state index contributed by atoms with van der Waals surface area (Å²) in [5.74, 6) is 0. The second kappa shape index (κ2) is 12.1. The fourth-order valence-corrected chi connectivity index (χ4v) is 9.14. The molecule has 7 aromatic rings. The highest BCUT2D eigenvalue weighted by atomic mass is 15.2. The number of fused-ring (bicyclic) bond motifs is 9. The molecule has 52 heavy (non-hydrogen) atoms. The molecule has 0 amide bonds. The summed E-state index contributed by atoms with van der Waals surface area (Å²) in [5, 5.41) is 0. The Morgan fingerprint density at radius 3 is 1.69 bits per heavy atom. The van der Waals surface area contributed by atoms with Gasteiger partial charge in [0.25, 0.3) is 0 Å². The van der Waals surface area contributed by atoms with Crippen molar-refractivity contribution in [2.45, 2.75) is 18.3 Å². The first-order valence-electron chi connectivity index (χ1n) is 18.3. The van der Waals surface area contributed by atoms with Crippen LogP contribution in [0.1, 0.15) is 35.1 Å². The molecule has 0 heterocycles. The third-order valence-corrected chi connectivity index (χ3v) is 11.3. The SMILES string of the molecule is CN(c1ccccc1)c1cc(-c2cccc3c2-c2ccccc2C32C3=C(CCC=C3)c3ccccc32)cc(N(c2ccccc2)c2ccccc2)c1. The molecule has 2 heteroatoms. The van der Waals surface area contributed by atoms with Gasteiger partial charge in [-0.25, -0.2) is 0 Å². The summed E-state index contributed by atoms with van der Waals surface area (Å²) in [6.07, 6.45) is 6.98. The topological polar surface area (TPSA) is 6.48 Å². The van der Waals surface area contributed by atoms with E-state index in [0.717, 1.165) is 41.3 Å². The molecular weight excluding hydrogens is 629 g/mol. The minimum atomic E-state index is -0.341. The zero-order chi connectivity index (χ0) is 34.6. The number of rotatable bonds is 6. The van der Waals surface area contributed by atoms with Crippen molar-refractivity contribution in [1.29, 1.82) is 0 Å². The zero-order valence-corrected chi connectivity index (χ0v) is 29.2. The van der Waals surface area contributed by atoms with Gasteiger partial charge in [-0.15, -0.1) is 0 Å². The van der Waals surface area contributed by atoms with Gasteiger partial charge >= 0.3 is 0 Å². The van der Waals surface area contributed by atoms with Gasteiger partial charge in [0, 0.05) is 35.5 Å². The minimum Gasteiger partial charge on any atom is -0.345 e. The van der Waals surface area contributed by atoms with E-state index >= 15 is 0 Å². The van der Waals surface area contributed by atoms with Crippen molar-refractivity contribution in [2.75, 3.05) is 16.8 Å². The van der Waals surface area contributed by atoms with E-state index in [1.54, 1.807) is 0 Å². The Kier molecular flexibility index (Phi) is 7.11. The van der Waals surface area contributed by atoms with Crippen molar-refractivity contribution in [3.63, 3.8) is 0 Å². The van der Waals surface area contributed by atoms with E-state index in [1.165, 1.54) is 55.7 Å². The van der Waals surface area contributed by atoms with Gasteiger partial charge in [0.2, 0.25) is 0 Å². The molecule has 7 aromatic carbocycles. The normalized spacial score (nSPS) is 16.3. The molecule has 0 aromatic heterocycles. The molecule has 1 unspecified atom stereocenters. The highest BCUT2D eigenvalue weighted by Gasteiger charge is 2.52. The molecule has 0 saturated heterocycles. The zero-order valence-electron chi connectivity index (χ0n) is 29.2. The summed E-state index contributed by atoms with van der Waals surface area (Å²) < 4.78 is 0. The highest BCUT2D eigenvalue weighted by molar-refractivity contribution is 6.01. The third kappa shape index (κ3) is 4.50. The largest absolute Gasteiger partial charge is 0.345 e. The van der Waals surface area contributed by atoms with Crippen molar-refractivity contribution in [3.05, 3.63) is 216 Å². The van der Waals surface area contributed by atoms with Crippen LogP contribution in [0.15, 0.2) is 194 Å². The molecule has 0 saturated carbocycles. The van der Waals surface area contributed by atoms with Crippen molar-refractivity contribution in [1.82, 2.24) is 0 Å². The van der Waals surface area contributed by atoms with Gasteiger partial charge in [-0.3, -0.25) is 0 Å². The van der Waals surface area contributed by atoms with E-state index in [0.29, 0.717) is 0 Å². The Bertz CT molecular complexity index is 2490. The van der Waals surface area contributed by atoms with Crippen LogP contribution in [0.5, 0.6) is 0 Å². The Morgan fingerprint density at radius 1 is 0.462 bits per heavy atom. The van der Waals surface area contributed by atoms with E-state index < -0.39 is 0 Å². The quantitative estimate of drug-likeness (QED) is 0.174. The Labute approximate surface area is 306 Å². The van der Waals surface area contributed by atoms with Gasteiger partial charge in [-0.2, -0.15) is 0 Å². The summed E-state index contributed by atoms with van der Waals surface area (Å²) in [6, 6.07) is 64.5. The lowest BCUT2D eigenvalue weighted by molar-refractivity contribution is 0.780. The standard InChI is InChI=1S/C50H38N2/c1-51(36-18-5-2-6-19-36)39-32-35(33-40(34-39)52(37-20-7-3-8-21-37)38-22-9-4-10-23-38)41-27-17-31-48-49(41)44-26-13-16-30-47(44)50(48)45-28-14-11-24-42(45)43-25-12-15-29-46(43)50/h2-11,13-24,26-34H,12,25H2,1H3. The number of benzene rings is 7. The molecule has 0 N–H and O–H groups in total. The molecular formula is C50H38N2. The van der Waals surface area contributed by atoms with Crippen LogP contribution in [-0.4, -0.2) is 7.05 Å². The van der Waals surface area contributed by atoms with Crippen molar-refractivity contribution < 1.29 is 0 Å². The van der Waals surface area contributed by atoms with Gasteiger partial charge in [-0.1, -0.05) is 133 Å². The molecule has 10 rings (SSSR count). The van der Waals surface area contributed by atoms with Crippen molar-refractivity contribution in [2.24, 2.45) is 0 Å². The lowest BCUT2D eigenvalue weighted by atomic mass is 9.69. The Hall–Kier alpha value is -6.38. The van der Waals surface area contributed by atoms with Gasteiger partial charge in [0.15, 0.2) is 0 Å². The molecule has 1 spiro atoms. The maximum absolute atomic E-state index is 2.43. The molecule has 0 aliphatic heterocycles. The van der Waals surface area contributed by atoms with Crippen LogP contribution in [0.2, 0.25) is 0 Å². The molecule has 0 fully saturated rings. The number of hydrogen-bond acceptors (Lipinski definition) is 2. The van der Waals surface area contributed by atoms with Crippen LogP contribution in [0.25, 0.3) is 27.8 Å². The van der Waals surface area contributed by atoms with Crippen molar-refractivity contribution in [3.8, 4) is 22.3 Å². The lowest BCUT2D eigenvalue weighted by Crippen LogP contribution is -2.27. The van der Waals surface area contributed by atoms with Crippen LogP contribution in [-0.2, 0) is 5.41 Å². The summed E-state index contributed by atoms with van der Waals surface area (Å²) in [5.41, 5.74) is 18.9. The van der Waals surface area contributed by atoms with Gasteiger partial charge in [0.1, 0.15) is 0 Å². The molecule has 3 aliphatic carbocycles. The van der Waals surface area contributed by atoms with Crippen LogP contribution in [0.4, 0.5) is 28.4 Å². The lowest BCUT2D eigenvalue weighted by Gasteiger charge is -2.32. The monoisotopic (exact) mass is 666 g/mol. The maximum Gasteiger partial charge on any atom is 0.0722 e. The summed E-state index contributed by atoms with van der Waals surface area (Å²) in [7, 11) is 2.17. The van der Waals surface area contributed by atoms with E-state index in [9.17, 15) is 0 Å². The van der Waals surface area contributed by atoms with E-state index in [2.05, 4.69) is 205 Å². The maximum atomic E-state index is 2.43. The third-order valence-electron chi connectivity index (χ3n) is 11.3. The molecule has 1 atom stereocenters.